The maximum atomic E-state index is 11.1. The molecule has 0 bridgehead atoms. The maximum absolute atomic E-state index is 11.1. The molecular formula is C17H19NO2. The zero-order valence-corrected chi connectivity index (χ0v) is 11.5. The Morgan fingerprint density at radius 1 is 1.00 bits per heavy atom. The monoisotopic (exact) mass is 269 g/mol. The first-order valence-corrected chi connectivity index (χ1v) is 6.74. The molecule has 0 aliphatic carbocycles. The van der Waals surface area contributed by atoms with E-state index in [1.54, 1.807) is 0 Å². The van der Waals surface area contributed by atoms with Gasteiger partial charge in [-0.15, -0.1) is 0 Å². The molecule has 3 nitrogen and oxygen atoms in total. The molecule has 2 rings (SSSR count). The van der Waals surface area contributed by atoms with E-state index in [1.807, 2.05) is 67.6 Å². The first kappa shape index (κ1) is 14.3. The number of hydrogen-bond donors (Lipinski definition) is 2. The minimum Gasteiger partial charge on any atom is -0.481 e. The third kappa shape index (κ3) is 3.93. The predicted octanol–water partition coefficient (Wildman–Crippen LogP) is 3.55. The Balaban J connectivity index is 2.14. The normalized spacial score (nSPS) is 13.7. The Bertz CT molecular complexity index is 539. The summed E-state index contributed by atoms with van der Waals surface area (Å²) < 4.78 is 0. The lowest BCUT2D eigenvalue weighted by molar-refractivity contribution is -0.137. The Morgan fingerprint density at radius 3 is 2.00 bits per heavy atom. The van der Waals surface area contributed by atoms with Crippen LogP contribution in [0.25, 0.3) is 0 Å². The zero-order chi connectivity index (χ0) is 14.4. The summed E-state index contributed by atoms with van der Waals surface area (Å²) in [5.41, 5.74) is 2.15. The van der Waals surface area contributed by atoms with E-state index in [1.165, 1.54) is 0 Å². The largest absolute Gasteiger partial charge is 0.481 e. The van der Waals surface area contributed by atoms with Gasteiger partial charge in [-0.25, -0.2) is 0 Å². The van der Waals surface area contributed by atoms with Crippen LogP contribution in [0.3, 0.4) is 0 Å². The van der Waals surface area contributed by atoms with Crippen molar-refractivity contribution in [3.05, 3.63) is 71.8 Å². The molecule has 0 radical (unpaired) electrons. The standard InChI is InChI=1S/C17H19NO2/c1-13(14-8-4-2-5-9-14)18-16(12-17(19)20)15-10-6-3-7-11-15/h2-11,13,16,18H,12H2,1H3,(H,19,20)/t13-,16+/m1/s1. The molecule has 0 aliphatic rings. The van der Waals surface area contributed by atoms with E-state index in [4.69, 9.17) is 5.11 Å². The summed E-state index contributed by atoms with van der Waals surface area (Å²) in [5.74, 6) is -0.799. The number of carboxylic acid groups (broad SMARTS) is 1. The van der Waals surface area contributed by atoms with Gasteiger partial charge in [-0.05, 0) is 18.1 Å². The molecule has 0 unspecified atom stereocenters. The van der Waals surface area contributed by atoms with Crippen LogP contribution < -0.4 is 5.32 Å². The van der Waals surface area contributed by atoms with Gasteiger partial charge in [-0.2, -0.15) is 0 Å². The fraction of sp³-hybridized carbons (Fsp3) is 0.235. The number of carboxylic acids is 1. The summed E-state index contributed by atoms with van der Waals surface area (Å²) in [5, 5.41) is 12.5. The molecule has 0 spiro atoms. The third-order valence-corrected chi connectivity index (χ3v) is 3.33. The second-order valence-electron chi connectivity index (χ2n) is 4.86. The van der Waals surface area contributed by atoms with Gasteiger partial charge in [0.2, 0.25) is 0 Å². The lowest BCUT2D eigenvalue weighted by Gasteiger charge is -2.23. The van der Waals surface area contributed by atoms with Crippen molar-refractivity contribution in [3.8, 4) is 0 Å². The molecule has 20 heavy (non-hydrogen) atoms. The fourth-order valence-corrected chi connectivity index (χ4v) is 2.27. The van der Waals surface area contributed by atoms with Gasteiger partial charge in [-0.1, -0.05) is 60.7 Å². The summed E-state index contributed by atoms with van der Waals surface area (Å²) in [6.45, 7) is 2.05. The van der Waals surface area contributed by atoms with Crippen LogP contribution in [0.2, 0.25) is 0 Å². The van der Waals surface area contributed by atoms with Crippen LogP contribution >= 0.6 is 0 Å². The van der Waals surface area contributed by atoms with E-state index < -0.39 is 5.97 Å². The number of nitrogens with one attached hydrogen (secondary N) is 1. The molecule has 2 aromatic rings. The van der Waals surface area contributed by atoms with Crippen LogP contribution in [0.15, 0.2) is 60.7 Å². The van der Waals surface area contributed by atoms with E-state index >= 15 is 0 Å². The zero-order valence-electron chi connectivity index (χ0n) is 11.5. The van der Waals surface area contributed by atoms with Gasteiger partial charge in [0.05, 0.1) is 6.42 Å². The van der Waals surface area contributed by atoms with Crippen LogP contribution in [0.5, 0.6) is 0 Å². The van der Waals surface area contributed by atoms with Gasteiger partial charge < -0.3 is 10.4 Å². The Kier molecular flexibility index (Phi) is 4.91. The highest BCUT2D eigenvalue weighted by Gasteiger charge is 2.18. The van der Waals surface area contributed by atoms with Crippen molar-refractivity contribution < 1.29 is 9.90 Å². The molecule has 0 saturated heterocycles. The van der Waals surface area contributed by atoms with Crippen molar-refractivity contribution in [2.24, 2.45) is 0 Å². The number of hydrogen-bond acceptors (Lipinski definition) is 2. The minimum atomic E-state index is -0.799. The van der Waals surface area contributed by atoms with Gasteiger partial charge in [-0.3, -0.25) is 4.79 Å². The van der Waals surface area contributed by atoms with Gasteiger partial charge in [0.15, 0.2) is 0 Å². The van der Waals surface area contributed by atoms with Crippen LogP contribution in [0.4, 0.5) is 0 Å². The van der Waals surface area contributed by atoms with Crippen molar-refractivity contribution in [2.45, 2.75) is 25.4 Å². The van der Waals surface area contributed by atoms with Crippen molar-refractivity contribution in [3.63, 3.8) is 0 Å². The molecule has 2 atom stereocenters. The number of benzene rings is 2. The topological polar surface area (TPSA) is 49.3 Å². The van der Waals surface area contributed by atoms with Crippen LogP contribution in [0.1, 0.15) is 36.6 Å². The molecule has 0 aliphatic heterocycles. The molecule has 2 aromatic carbocycles. The van der Waals surface area contributed by atoms with E-state index in [9.17, 15) is 4.79 Å². The second kappa shape index (κ2) is 6.87. The van der Waals surface area contributed by atoms with Crippen LogP contribution in [-0.2, 0) is 4.79 Å². The van der Waals surface area contributed by atoms with Crippen molar-refractivity contribution in [2.75, 3.05) is 0 Å². The van der Waals surface area contributed by atoms with E-state index in [0.29, 0.717) is 0 Å². The average molecular weight is 269 g/mol. The van der Waals surface area contributed by atoms with E-state index in [0.717, 1.165) is 11.1 Å². The predicted molar refractivity (Wildman–Crippen MR) is 79.4 cm³/mol. The van der Waals surface area contributed by atoms with Gasteiger partial charge in [0.25, 0.3) is 0 Å². The lowest BCUT2D eigenvalue weighted by atomic mass is 10.0. The number of rotatable bonds is 6. The van der Waals surface area contributed by atoms with Gasteiger partial charge >= 0.3 is 5.97 Å². The molecule has 0 amide bonds. The molecule has 3 heteroatoms. The Hall–Kier alpha value is -2.13. The quantitative estimate of drug-likeness (QED) is 0.843. The molecule has 2 N–H and O–H groups in total. The van der Waals surface area contributed by atoms with E-state index in [2.05, 4.69) is 5.32 Å². The van der Waals surface area contributed by atoms with Crippen molar-refractivity contribution >= 4 is 5.97 Å². The third-order valence-electron chi connectivity index (χ3n) is 3.33. The fourth-order valence-electron chi connectivity index (χ4n) is 2.27. The number of aliphatic carboxylic acids is 1. The highest BCUT2D eigenvalue weighted by Crippen LogP contribution is 2.22. The maximum Gasteiger partial charge on any atom is 0.305 e. The molecule has 0 aromatic heterocycles. The van der Waals surface area contributed by atoms with Crippen LogP contribution in [-0.4, -0.2) is 11.1 Å². The van der Waals surface area contributed by atoms with Crippen LogP contribution in [0, 0.1) is 0 Å². The van der Waals surface area contributed by atoms with Crippen molar-refractivity contribution in [1.82, 2.24) is 5.32 Å². The van der Waals surface area contributed by atoms with Gasteiger partial charge in [0.1, 0.15) is 0 Å². The average Bonchev–Trinajstić information content (AvgIpc) is 2.48. The highest BCUT2D eigenvalue weighted by atomic mass is 16.4. The highest BCUT2D eigenvalue weighted by molar-refractivity contribution is 5.68. The first-order chi connectivity index (χ1) is 9.66. The summed E-state index contributed by atoms with van der Waals surface area (Å²) >= 11 is 0. The molecular weight excluding hydrogens is 250 g/mol. The Labute approximate surface area is 119 Å². The smallest absolute Gasteiger partial charge is 0.305 e. The first-order valence-electron chi connectivity index (χ1n) is 6.74. The second-order valence-corrected chi connectivity index (χ2v) is 4.86. The van der Waals surface area contributed by atoms with Gasteiger partial charge in [0, 0.05) is 12.1 Å². The number of carbonyl (C=O) groups is 1. The Morgan fingerprint density at radius 2 is 1.50 bits per heavy atom. The molecule has 0 fully saturated rings. The molecule has 104 valence electrons. The summed E-state index contributed by atoms with van der Waals surface area (Å²) in [6, 6.07) is 19.6. The van der Waals surface area contributed by atoms with Crippen molar-refractivity contribution in [1.29, 1.82) is 0 Å². The molecule has 0 heterocycles. The SMILES string of the molecule is C[C@@H](N[C@@H](CC(=O)O)c1ccccc1)c1ccccc1. The lowest BCUT2D eigenvalue weighted by Crippen LogP contribution is -2.26. The summed E-state index contributed by atoms with van der Waals surface area (Å²) in [4.78, 5) is 11.1. The molecule has 0 saturated carbocycles. The summed E-state index contributed by atoms with van der Waals surface area (Å²) in [6.07, 6.45) is 0.0706. The summed E-state index contributed by atoms with van der Waals surface area (Å²) in [7, 11) is 0. The minimum absolute atomic E-state index is 0.0706. The van der Waals surface area contributed by atoms with E-state index in [-0.39, 0.29) is 18.5 Å².